The summed E-state index contributed by atoms with van der Waals surface area (Å²) in [7, 11) is 0. The summed E-state index contributed by atoms with van der Waals surface area (Å²) in [5, 5.41) is 12.6. The molecule has 1 aliphatic carbocycles. The summed E-state index contributed by atoms with van der Waals surface area (Å²) in [4.78, 5) is 7.76. The first-order chi connectivity index (χ1) is 7.15. The summed E-state index contributed by atoms with van der Waals surface area (Å²) >= 11 is 5.67. The molecule has 6 heteroatoms. The zero-order chi connectivity index (χ0) is 10.9. The number of nitrogen functional groups attached to an aromatic ring is 1. The van der Waals surface area contributed by atoms with Crippen LogP contribution in [0.5, 0.6) is 0 Å². The summed E-state index contributed by atoms with van der Waals surface area (Å²) in [5.41, 5.74) is 5.87. The van der Waals surface area contributed by atoms with Crippen LogP contribution < -0.4 is 11.1 Å². The molecule has 2 rings (SSSR count). The molecule has 1 aromatic heterocycles. The lowest BCUT2D eigenvalue weighted by Gasteiger charge is -2.41. The molecule has 1 fully saturated rings. The number of aromatic nitrogens is 2. The first-order valence-corrected chi connectivity index (χ1v) is 5.20. The number of nitrogens with one attached hydrogen (secondary N) is 1. The van der Waals surface area contributed by atoms with Crippen LogP contribution in [-0.4, -0.2) is 27.2 Å². The fourth-order valence-corrected chi connectivity index (χ4v) is 1.78. The highest BCUT2D eigenvalue weighted by Crippen LogP contribution is 2.35. The lowest BCUT2D eigenvalue weighted by Crippen LogP contribution is -2.48. The maximum atomic E-state index is 9.28. The molecule has 15 heavy (non-hydrogen) atoms. The van der Waals surface area contributed by atoms with Gasteiger partial charge in [-0.1, -0.05) is 0 Å². The molecule has 1 aromatic rings. The number of aliphatic hydroxyl groups excluding tert-OH is 1. The molecule has 0 radical (unpaired) electrons. The van der Waals surface area contributed by atoms with Crippen molar-refractivity contribution in [1.82, 2.24) is 9.97 Å². The van der Waals surface area contributed by atoms with Gasteiger partial charge in [0.2, 0.25) is 5.28 Å². The Balaban J connectivity index is 2.19. The summed E-state index contributed by atoms with van der Waals surface area (Å²) in [6.45, 7) is 0.0774. The Labute approximate surface area is 92.7 Å². The molecule has 0 saturated heterocycles. The number of nitrogens with two attached hydrogens (primary N) is 1. The van der Waals surface area contributed by atoms with Crippen molar-refractivity contribution in [3.63, 3.8) is 0 Å². The highest BCUT2D eigenvalue weighted by atomic mass is 35.5. The lowest BCUT2D eigenvalue weighted by molar-refractivity contribution is 0.144. The summed E-state index contributed by atoms with van der Waals surface area (Å²) in [6.07, 6.45) is 4.41. The minimum atomic E-state index is -0.272. The number of hydrogen-bond acceptors (Lipinski definition) is 5. The average Bonchev–Trinajstić information content (AvgIpc) is 2.17. The molecule has 0 amide bonds. The van der Waals surface area contributed by atoms with Crippen LogP contribution in [0.25, 0.3) is 0 Å². The van der Waals surface area contributed by atoms with Gasteiger partial charge in [-0.3, -0.25) is 0 Å². The second-order valence-corrected chi connectivity index (χ2v) is 4.20. The van der Waals surface area contributed by atoms with E-state index in [2.05, 4.69) is 15.3 Å². The van der Waals surface area contributed by atoms with Crippen LogP contribution in [0.2, 0.25) is 5.28 Å². The third-order valence-corrected chi connectivity index (χ3v) is 2.97. The molecule has 0 unspecified atom stereocenters. The standard InChI is InChI=1S/C9H13ClN4O/c10-8-12-4-6(11)7(13-8)14-9(5-15)2-1-3-9/h4,15H,1-3,5,11H2,(H,12,13,14). The Kier molecular flexibility index (Phi) is 2.67. The molecular weight excluding hydrogens is 216 g/mol. The third-order valence-electron chi connectivity index (χ3n) is 2.78. The normalized spacial score (nSPS) is 18.3. The van der Waals surface area contributed by atoms with Gasteiger partial charge in [0.25, 0.3) is 0 Å². The van der Waals surface area contributed by atoms with E-state index in [4.69, 9.17) is 17.3 Å². The maximum absolute atomic E-state index is 9.28. The van der Waals surface area contributed by atoms with Gasteiger partial charge in [-0.2, -0.15) is 4.98 Å². The van der Waals surface area contributed by atoms with E-state index in [0.717, 1.165) is 19.3 Å². The summed E-state index contributed by atoms with van der Waals surface area (Å²) in [5.74, 6) is 0.503. The topological polar surface area (TPSA) is 84.1 Å². The molecule has 0 bridgehead atoms. The molecule has 5 nitrogen and oxygen atoms in total. The first kappa shape index (κ1) is 10.4. The molecule has 1 saturated carbocycles. The van der Waals surface area contributed by atoms with Gasteiger partial charge in [-0.05, 0) is 30.9 Å². The van der Waals surface area contributed by atoms with E-state index < -0.39 is 0 Å². The van der Waals surface area contributed by atoms with Crippen molar-refractivity contribution in [2.24, 2.45) is 0 Å². The van der Waals surface area contributed by atoms with E-state index in [0.29, 0.717) is 11.5 Å². The molecule has 0 atom stereocenters. The molecule has 82 valence electrons. The van der Waals surface area contributed by atoms with Gasteiger partial charge in [0, 0.05) is 0 Å². The molecule has 0 spiro atoms. The third kappa shape index (κ3) is 1.98. The van der Waals surface area contributed by atoms with Gasteiger partial charge in [-0.25, -0.2) is 4.98 Å². The van der Waals surface area contributed by atoms with E-state index in [1.165, 1.54) is 6.20 Å². The SMILES string of the molecule is Nc1cnc(Cl)nc1NC1(CO)CCC1. The van der Waals surface area contributed by atoms with Gasteiger partial charge in [0.05, 0.1) is 24.0 Å². The Morgan fingerprint density at radius 1 is 1.60 bits per heavy atom. The van der Waals surface area contributed by atoms with E-state index in [1.54, 1.807) is 0 Å². The van der Waals surface area contributed by atoms with E-state index in [1.807, 2.05) is 0 Å². The minimum Gasteiger partial charge on any atom is -0.394 e. The summed E-state index contributed by atoms with van der Waals surface area (Å²) in [6, 6.07) is 0. The average molecular weight is 229 g/mol. The van der Waals surface area contributed by atoms with Gasteiger partial charge in [0.15, 0.2) is 5.82 Å². The van der Waals surface area contributed by atoms with Crippen LogP contribution in [0.15, 0.2) is 6.20 Å². The van der Waals surface area contributed by atoms with E-state index >= 15 is 0 Å². The summed E-state index contributed by atoms with van der Waals surface area (Å²) < 4.78 is 0. The van der Waals surface area contributed by atoms with E-state index in [-0.39, 0.29) is 17.4 Å². The zero-order valence-corrected chi connectivity index (χ0v) is 8.96. The smallest absolute Gasteiger partial charge is 0.224 e. The Morgan fingerprint density at radius 2 is 2.33 bits per heavy atom. The Morgan fingerprint density at radius 3 is 2.87 bits per heavy atom. The second kappa shape index (κ2) is 3.83. The van der Waals surface area contributed by atoms with Crippen LogP contribution in [0.3, 0.4) is 0 Å². The quantitative estimate of drug-likeness (QED) is 0.674. The van der Waals surface area contributed by atoms with Crippen LogP contribution in [-0.2, 0) is 0 Å². The van der Waals surface area contributed by atoms with Crippen molar-refractivity contribution in [2.45, 2.75) is 24.8 Å². The number of hydrogen-bond donors (Lipinski definition) is 3. The molecule has 0 aromatic carbocycles. The predicted molar refractivity (Wildman–Crippen MR) is 58.7 cm³/mol. The number of nitrogens with zero attached hydrogens (tertiary/aromatic N) is 2. The Hall–Kier alpha value is -1.07. The minimum absolute atomic E-state index is 0.0774. The maximum Gasteiger partial charge on any atom is 0.224 e. The van der Waals surface area contributed by atoms with E-state index in [9.17, 15) is 5.11 Å². The molecule has 0 aliphatic heterocycles. The van der Waals surface area contributed by atoms with Crippen molar-refractivity contribution in [3.05, 3.63) is 11.5 Å². The van der Waals surface area contributed by atoms with Crippen molar-refractivity contribution in [1.29, 1.82) is 0 Å². The van der Waals surface area contributed by atoms with Crippen LogP contribution in [0.4, 0.5) is 11.5 Å². The van der Waals surface area contributed by atoms with Crippen LogP contribution >= 0.6 is 11.6 Å². The largest absolute Gasteiger partial charge is 0.394 e. The highest BCUT2D eigenvalue weighted by Gasteiger charge is 2.36. The number of anilines is 2. The lowest BCUT2D eigenvalue weighted by atomic mass is 9.77. The predicted octanol–water partition coefficient (Wildman–Crippen LogP) is 1.04. The zero-order valence-electron chi connectivity index (χ0n) is 8.20. The first-order valence-electron chi connectivity index (χ1n) is 4.82. The molecule has 1 heterocycles. The van der Waals surface area contributed by atoms with Gasteiger partial charge >= 0.3 is 0 Å². The van der Waals surface area contributed by atoms with Gasteiger partial charge in [0.1, 0.15) is 0 Å². The number of halogens is 1. The second-order valence-electron chi connectivity index (χ2n) is 3.86. The van der Waals surface area contributed by atoms with Crippen molar-refractivity contribution in [2.75, 3.05) is 17.7 Å². The van der Waals surface area contributed by atoms with Crippen molar-refractivity contribution < 1.29 is 5.11 Å². The Bertz CT molecular complexity index is 362. The molecular formula is C9H13ClN4O. The fourth-order valence-electron chi connectivity index (χ4n) is 1.65. The molecule has 4 N–H and O–H groups in total. The fraction of sp³-hybridized carbons (Fsp3) is 0.556. The highest BCUT2D eigenvalue weighted by molar-refractivity contribution is 6.28. The number of rotatable bonds is 3. The van der Waals surface area contributed by atoms with Gasteiger partial charge in [-0.15, -0.1) is 0 Å². The molecule has 1 aliphatic rings. The van der Waals surface area contributed by atoms with Crippen LogP contribution in [0.1, 0.15) is 19.3 Å². The van der Waals surface area contributed by atoms with Crippen molar-refractivity contribution in [3.8, 4) is 0 Å². The van der Waals surface area contributed by atoms with Crippen molar-refractivity contribution >= 4 is 23.1 Å². The van der Waals surface area contributed by atoms with Crippen LogP contribution in [0, 0.1) is 0 Å². The van der Waals surface area contributed by atoms with Gasteiger partial charge < -0.3 is 16.2 Å². The number of aliphatic hydroxyl groups is 1. The monoisotopic (exact) mass is 228 g/mol.